The molecular formula is C15H27N3. The second kappa shape index (κ2) is 4.94. The van der Waals surface area contributed by atoms with E-state index in [0.29, 0.717) is 11.5 Å². The van der Waals surface area contributed by atoms with Gasteiger partial charge < -0.3 is 5.32 Å². The molecule has 1 aromatic heterocycles. The molecule has 3 heteroatoms. The molecule has 3 nitrogen and oxygen atoms in total. The molecule has 0 spiro atoms. The maximum atomic E-state index is 4.42. The minimum atomic E-state index is 0.383. The summed E-state index contributed by atoms with van der Waals surface area (Å²) in [5.74, 6) is 0.755. The second-order valence-corrected chi connectivity index (χ2v) is 6.81. The Balaban J connectivity index is 2.13. The molecule has 1 aliphatic carbocycles. The molecule has 1 aromatic rings. The van der Waals surface area contributed by atoms with Gasteiger partial charge in [0, 0.05) is 19.3 Å². The molecule has 1 aliphatic rings. The van der Waals surface area contributed by atoms with Gasteiger partial charge in [-0.15, -0.1) is 0 Å². The zero-order chi connectivity index (χ0) is 13.3. The zero-order valence-electron chi connectivity index (χ0n) is 12.5. The summed E-state index contributed by atoms with van der Waals surface area (Å²) in [6, 6.07) is 0.599. The lowest BCUT2D eigenvalue weighted by atomic mass is 9.69. The van der Waals surface area contributed by atoms with Crippen molar-refractivity contribution in [2.24, 2.45) is 18.4 Å². The van der Waals surface area contributed by atoms with Crippen LogP contribution in [0.15, 0.2) is 6.20 Å². The van der Waals surface area contributed by atoms with Crippen molar-refractivity contribution in [3.8, 4) is 0 Å². The predicted molar refractivity (Wildman–Crippen MR) is 76.8 cm³/mol. The lowest BCUT2D eigenvalue weighted by molar-refractivity contribution is 0.163. The van der Waals surface area contributed by atoms with Crippen molar-refractivity contribution in [3.63, 3.8) is 0 Å². The van der Waals surface area contributed by atoms with E-state index in [4.69, 9.17) is 0 Å². The lowest BCUT2D eigenvalue weighted by Gasteiger charge is -2.41. The molecule has 0 bridgehead atoms. The van der Waals surface area contributed by atoms with Crippen molar-refractivity contribution in [2.45, 2.75) is 59.4 Å². The maximum absolute atomic E-state index is 4.42. The van der Waals surface area contributed by atoms with Gasteiger partial charge in [-0.25, -0.2) is 0 Å². The summed E-state index contributed by atoms with van der Waals surface area (Å²) < 4.78 is 1.90. The predicted octanol–water partition coefficient (Wildman–Crippen LogP) is 3.75. The summed E-state index contributed by atoms with van der Waals surface area (Å²) in [7, 11) is 1.99. The van der Waals surface area contributed by atoms with Crippen LogP contribution in [-0.4, -0.2) is 15.8 Å². The smallest absolute Gasteiger partial charge is 0.0825 e. The van der Waals surface area contributed by atoms with Gasteiger partial charge in [-0.3, -0.25) is 4.68 Å². The molecule has 1 N–H and O–H groups in total. The highest BCUT2D eigenvalue weighted by Gasteiger charge is 2.34. The first-order valence-electron chi connectivity index (χ1n) is 7.14. The molecule has 1 heterocycles. The number of nitrogens with one attached hydrogen (secondary N) is 1. The van der Waals surface area contributed by atoms with Gasteiger partial charge in [-0.05, 0) is 31.1 Å². The Morgan fingerprint density at radius 3 is 2.50 bits per heavy atom. The minimum Gasteiger partial charge on any atom is -0.379 e. The Labute approximate surface area is 111 Å². The van der Waals surface area contributed by atoms with Gasteiger partial charge in [0.25, 0.3) is 0 Å². The highest BCUT2D eigenvalue weighted by molar-refractivity contribution is 5.46. The van der Waals surface area contributed by atoms with Gasteiger partial charge in [-0.2, -0.15) is 5.10 Å². The van der Waals surface area contributed by atoms with E-state index < -0.39 is 0 Å². The molecule has 1 fully saturated rings. The Hall–Kier alpha value is -0.990. The van der Waals surface area contributed by atoms with E-state index in [-0.39, 0.29) is 0 Å². The van der Waals surface area contributed by atoms with Gasteiger partial charge >= 0.3 is 0 Å². The van der Waals surface area contributed by atoms with Crippen molar-refractivity contribution in [1.29, 1.82) is 0 Å². The molecule has 0 amide bonds. The van der Waals surface area contributed by atoms with E-state index in [1.54, 1.807) is 0 Å². The first-order valence-corrected chi connectivity index (χ1v) is 7.14. The highest BCUT2D eigenvalue weighted by Crippen LogP contribution is 2.39. The van der Waals surface area contributed by atoms with Crippen LogP contribution in [0.3, 0.4) is 0 Å². The van der Waals surface area contributed by atoms with Gasteiger partial charge in [0.2, 0.25) is 0 Å². The average Bonchev–Trinajstić information content (AvgIpc) is 2.57. The quantitative estimate of drug-likeness (QED) is 0.865. The molecule has 102 valence electrons. The number of anilines is 1. The number of hydrogen-bond donors (Lipinski definition) is 1. The lowest BCUT2D eigenvalue weighted by Crippen LogP contribution is -2.39. The van der Waals surface area contributed by atoms with Crippen LogP contribution in [0, 0.1) is 18.3 Å². The number of aromatic nitrogens is 2. The molecule has 2 rings (SSSR count). The van der Waals surface area contributed by atoms with Crippen molar-refractivity contribution < 1.29 is 0 Å². The van der Waals surface area contributed by atoms with Crippen LogP contribution < -0.4 is 5.32 Å². The van der Waals surface area contributed by atoms with Gasteiger partial charge in [0.15, 0.2) is 0 Å². The molecule has 0 aromatic carbocycles. The molecule has 18 heavy (non-hydrogen) atoms. The number of hydrogen-bond acceptors (Lipinski definition) is 2. The fourth-order valence-corrected chi connectivity index (χ4v) is 3.28. The Bertz CT molecular complexity index is 400. The molecule has 0 aliphatic heterocycles. The summed E-state index contributed by atoms with van der Waals surface area (Å²) in [6.07, 6.45) is 7.47. The highest BCUT2D eigenvalue weighted by atomic mass is 15.3. The SMILES string of the molecule is Cc1nn(C)cc1NC1CCCCC1C(C)(C)C. The van der Waals surface area contributed by atoms with Crippen LogP contribution in [0.1, 0.15) is 52.1 Å². The minimum absolute atomic E-state index is 0.383. The van der Waals surface area contributed by atoms with Crippen LogP contribution >= 0.6 is 0 Å². The van der Waals surface area contributed by atoms with Gasteiger partial charge in [-0.1, -0.05) is 33.6 Å². The molecule has 1 saturated carbocycles. The van der Waals surface area contributed by atoms with E-state index >= 15 is 0 Å². The second-order valence-electron chi connectivity index (χ2n) is 6.81. The van der Waals surface area contributed by atoms with Gasteiger partial charge in [0.05, 0.1) is 11.4 Å². The third-order valence-corrected chi connectivity index (χ3v) is 4.23. The number of aryl methyl sites for hydroxylation is 2. The van der Waals surface area contributed by atoms with E-state index in [0.717, 1.165) is 11.6 Å². The van der Waals surface area contributed by atoms with Crippen molar-refractivity contribution in [2.75, 3.05) is 5.32 Å². The summed E-state index contributed by atoms with van der Waals surface area (Å²) >= 11 is 0. The fraction of sp³-hybridized carbons (Fsp3) is 0.800. The average molecular weight is 249 g/mol. The molecule has 2 atom stereocenters. The van der Waals surface area contributed by atoms with Crippen molar-refractivity contribution >= 4 is 5.69 Å². The van der Waals surface area contributed by atoms with Crippen LogP contribution in [0.5, 0.6) is 0 Å². The Morgan fingerprint density at radius 2 is 1.94 bits per heavy atom. The van der Waals surface area contributed by atoms with Crippen LogP contribution in [0.2, 0.25) is 0 Å². The van der Waals surface area contributed by atoms with Crippen LogP contribution in [-0.2, 0) is 7.05 Å². The summed E-state index contributed by atoms with van der Waals surface area (Å²) in [6.45, 7) is 9.19. The number of rotatable bonds is 2. The van der Waals surface area contributed by atoms with Crippen LogP contribution in [0.4, 0.5) is 5.69 Å². The van der Waals surface area contributed by atoms with Crippen LogP contribution in [0.25, 0.3) is 0 Å². The largest absolute Gasteiger partial charge is 0.379 e. The first-order chi connectivity index (χ1) is 8.38. The third kappa shape index (κ3) is 2.88. The van der Waals surface area contributed by atoms with Crippen molar-refractivity contribution in [1.82, 2.24) is 9.78 Å². The summed E-state index contributed by atoms with van der Waals surface area (Å²) in [5, 5.41) is 8.16. The Kier molecular flexibility index (Phi) is 3.69. The first kappa shape index (κ1) is 13.4. The standard InChI is InChI=1S/C15H27N3/c1-11-14(10-18(5)17-11)16-13-9-7-6-8-12(13)15(2,3)4/h10,12-13,16H,6-9H2,1-5H3. The molecule has 2 unspecified atom stereocenters. The summed E-state index contributed by atoms with van der Waals surface area (Å²) in [5.41, 5.74) is 2.70. The zero-order valence-corrected chi connectivity index (χ0v) is 12.5. The monoisotopic (exact) mass is 249 g/mol. The topological polar surface area (TPSA) is 29.9 Å². The third-order valence-electron chi connectivity index (χ3n) is 4.23. The van der Waals surface area contributed by atoms with Gasteiger partial charge in [0.1, 0.15) is 0 Å². The maximum Gasteiger partial charge on any atom is 0.0825 e. The molecule has 0 saturated heterocycles. The van der Waals surface area contributed by atoms with E-state index in [9.17, 15) is 0 Å². The van der Waals surface area contributed by atoms with Crippen molar-refractivity contribution in [3.05, 3.63) is 11.9 Å². The normalized spacial score (nSPS) is 25.2. The number of nitrogens with zero attached hydrogens (tertiary/aromatic N) is 2. The summed E-state index contributed by atoms with van der Waals surface area (Å²) in [4.78, 5) is 0. The Morgan fingerprint density at radius 1 is 1.28 bits per heavy atom. The van der Waals surface area contributed by atoms with E-state index in [1.807, 2.05) is 11.7 Å². The fourth-order valence-electron chi connectivity index (χ4n) is 3.28. The van der Waals surface area contributed by atoms with E-state index in [2.05, 4.69) is 44.3 Å². The molecular weight excluding hydrogens is 222 g/mol. The molecule has 0 radical (unpaired) electrons. The van der Waals surface area contributed by atoms with E-state index in [1.165, 1.54) is 31.4 Å².